The van der Waals surface area contributed by atoms with Crippen LogP contribution in [0.1, 0.15) is 18.5 Å². The molecule has 100 valence electrons. The standard InChI is InChI=1S/C14H11Cl2F2N/c1-8(19-10-4-2-3-9(17)5-10)11-6-14(18)13(16)7-12(11)15/h2-8,19H,1H3. The lowest BCUT2D eigenvalue weighted by molar-refractivity contribution is 0.623. The van der Waals surface area contributed by atoms with Gasteiger partial charge in [0.2, 0.25) is 0 Å². The van der Waals surface area contributed by atoms with Crippen LogP contribution >= 0.6 is 23.2 Å². The summed E-state index contributed by atoms with van der Waals surface area (Å²) in [7, 11) is 0. The van der Waals surface area contributed by atoms with Gasteiger partial charge < -0.3 is 5.32 Å². The van der Waals surface area contributed by atoms with Gasteiger partial charge in [-0.25, -0.2) is 8.78 Å². The second-order valence-corrected chi connectivity index (χ2v) is 4.98. The molecule has 1 N–H and O–H groups in total. The summed E-state index contributed by atoms with van der Waals surface area (Å²) >= 11 is 11.7. The topological polar surface area (TPSA) is 12.0 Å². The van der Waals surface area contributed by atoms with Crippen LogP contribution in [0.15, 0.2) is 36.4 Å². The van der Waals surface area contributed by atoms with E-state index in [1.54, 1.807) is 19.1 Å². The van der Waals surface area contributed by atoms with Gasteiger partial charge >= 0.3 is 0 Å². The van der Waals surface area contributed by atoms with Crippen molar-refractivity contribution < 1.29 is 8.78 Å². The average molecular weight is 302 g/mol. The van der Waals surface area contributed by atoms with Crippen molar-refractivity contribution in [2.45, 2.75) is 13.0 Å². The first kappa shape index (κ1) is 14.1. The summed E-state index contributed by atoms with van der Waals surface area (Å²) in [6.45, 7) is 1.81. The van der Waals surface area contributed by atoms with Crippen LogP contribution in [0.25, 0.3) is 0 Å². The van der Waals surface area contributed by atoms with Crippen LogP contribution in [0.2, 0.25) is 10.0 Å². The third-order valence-electron chi connectivity index (χ3n) is 2.71. The Balaban J connectivity index is 2.25. The number of halogens is 4. The maximum Gasteiger partial charge on any atom is 0.142 e. The fraction of sp³-hybridized carbons (Fsp3) is 0.143. The van der Waals surface area contributed by atoms with Gasteiger partial charge in [0.05, 0.1) is 11.1 Å². The van der Waals surface area contributed by atoms with Crippen molar-refractivity contribution in [2.24, 2.45) is 0 Å². The van der Waals surface area contributed by atoms with Crippen molar-refractivity contribution in [3.8, 4) is 0 Å². The molecule has 0 aliphatic carbocycles. The van der Waals surface area contributed by atoms with Crippen LogP contribution in [-0.2, 0) is 0 Å². The molecule has 19 heavy (non-hydrogen) atoms. The highest BCUT2D eigenvalue weighted by Crippen LogP contribution is 2.30. The molecular formula is C14H11Cl2F2N. The molecule has 0 fully saturated rings. The van der Waals surface area contributed by atoms with Gasteiger partial charge in [0.15, 0.2) is 0 Å². The molecule has 2 aromatic rings. The van der Waals surface area contributed by atoms with E-state index in [1.807, 2.05) is 0 Å². The second kappa shape index (κ2) is 5.76. The number of hydrogen-bond donors (Lipinski definition) is 1. The Bertz CT molecular complexity index is 602. The second-order valence-electron chi connectivity index (χ2n) is 4.16. The van der Waals surface area contributed by atoms with E-state index < -0.39 is 5.82 Å². The van der Waals surface area contributed by atoms with Gasteiger partial charge in [-0.15, -0.1) is 0 Å². The zero-order valence-electron chi connectivity index (χ0n) is 10.1. The Kier molecular flexibility index (Phi) is 4.27. The van der Waals surface area contributed by atoms with Crippen LogP contribution in [0.4, 0.5) is 14.5 Å². The van der Waals surface area contributed by atoms with Crippen molar-refractivity contribution in [2.75, 3.05) is 5.32 Å². The van der Waals surface area contributed by atoms with Gasteiger partial charge in [-0.2, -0.15) is 0 Å². The molecule has 0 aliphatic rings. The van der Waals surface area contributed by atoms with Crippen LogP contribution < -0.4 is 5.32 Å². The lowest BCUT2D eigenvalue weighted by Gasteiger charge is -2.17. The molecule has 2 aromatic carbocycles. The number of nitrogens with one attached hydrogen (secondary N) is 1. The third-order valence-corrected chi connectivity index (χ3v) is 3.33. The molecule has 0 aliphatic heterocycles. The molecule has 5 heteroatoms. The lowest BCUT2D eigenvalue weighted by atomic mass is 10.1. The van der Waals surface area contributed by atoms with Crippen molar-refractivity contribution in [3.05, 3.63) is 63.6 Å². The van der Waals surface area contributed by atoms with E-state index in [9.17, 15) is 8.78 Å². The summed E-state index contributed by atoms with van der Waals surface area (Å²) < 4.78 is 26.5. The zero-order chi connectivity index (χ0) is 14.0. The molecule has 1 unspecified atom stereocenters. The Morgan fingerprint density at radius 1 is 1.05 bits per heavy atom. The van der Waals surface area contributed by atoms with Gasteiger partial charge in [-0.1, -0.05) is 29.3 Å². The third kappa shape index (κ3) is 3.37. The smallest absolute Gasteiger partial charge is 0.142 e. The normalized spacial score (nSPS) is 12.3. The molecule has 2 rings (SSSR count). The number of rotatable bonds is 3. The van der Waals surface area contributed by atoms with Crippen LogP contribution in [-0.4, -0.2) is 0 Å². The van der Waals surface area contributed by atoms with Gasteiger partial charge in [0, 0.05) is 10.7 Å². The fourth-order valence-electron chi connectivity index (χ4n) is 1.78. The predicted molar refractivity (Wildman–Crippen MR) is 74.9 cm³/mol. The zero-order valence-corrected chi connectivity index (χ0v) is 11.6. The van der Waals surface area contributed by atoms with Crippen LogP contribution in [0.3, 0.4) is 0 Å². The lowest BCUT2D eigenvalue weighted by Crippen LogP contribution is -2.08. The molecule has 0 heterocycles. The predicted octanol–water partition coefficient (Wildman–Crippen LogP) is 5.44. The molecule has 0 spiro atoms. The summed E-state index contributed by atoms with van der Waals surface area (Å²) in [6.07, 6.45) is 0. The average Bonchev–Trinajstić information content (AvgIpc) is 2.33. The van der Waals surface area contributed by atoms with Crippen molar-refractivity contribution in [1.82, 2.24) is 0 Å². The summed E-state index contributed by atoms with van der Waals surface area (Å²) in [5, 5.41) is 3.39. The molecule has 0 saturated heterocycles. The van der Waals surface area contributed by atoms with Gasteiger partial charge in [-0.3, -0.25) is 0 Å². The van der Waals surface area contributed by atoms with E-state index in [-0.39, 0.29) is 16.9 Å². The minimum Gasteiger partial charge on any atom is -0.378 e. The molecule has 0 bridgehead atoms. The fourth-order valence-corrected chi connectivity index (χ4v) is 2.32. The Morgan fingerprint density at radius 2 is 1.79 bits per heavy atom. The van der Waals surface area contributed by atoms with E-state index >= 15 is 0 Å². The molecule has 1 nitrogen and oxygen atoms in total. The summed E-state index contributed by atoms with van der Waals surface area (Å²) in [5.74, 6) is -0.875. The Hall–Kier alpha value is -1.32. The number of benzene rings is 2. The van der Waals surface area contributed by atoms with E-state index in [0.717, 1.165) is 0 Å². The minimum absolute atomic E-state index is 0.0216. The van der Waals surface area contributed by atoms with E-state index in [0.29, 0.717) is 16.3 Å². The van der Waals surface area contributed by atoms with Crippen molar-refractivity contribution in [3.63, 3.8) is 0 Å². The number of hydrogen-bond acceptors (Lipinski definition) is 1. The molecule has 1 atom stereocenters. The van der Waals surface area contributed by atoms with Crippen molar-refractivity contribution >= 4 is 28.9 Å². The minimum atomic E-state index is -0.533. The van der Waals surface area contributed by atoms with E-state index in [1.165, 1.54) is 24.3 Å². The largest absolute Gasteiger partial charge is 0.378 e. The Labute approximate surface area is 120 Å². The van der Waals surface area contributed by atoms with Gasteiger partial charge in [0.25, 0.3) is 0 Å². The van der Waals surface area contributed by atoms with Gasteiger partial charge in [0.1, 0.15) is 11.6 Å². The Morgan fingerprint density at radius 3 is 2.47 bits per heavy atom. The SMILES string of the molecule is CC(Nc1cccc(F)c1)c1cc(F)c(Cl)cc1Cl. The molecule has 0 amide bonds. The van der Waals surface area contributed by atoms with Crippen LogP contribution in [0.5, 0.6) is 0 Å². The maximum atomic E-state index is 13.4. The van der Waals surface area contributed by atoms with Gasteiger partial charge in [-0.05, 0) is 42.8 Å². The summed E-state index contributed by atoms with van der Waals surface area (Å²) in [6, 6.07) is 8.38. The molecular weight excluding hydrogens is 291 g/mol. The number of anilines is 1. The van der Waals surface area contributed by atoms with Crippen LogP contribution in [0, 0.1) is 11.6 Å². The monoisotopic (exact) mass is 301 g/mol. The highest BCUT2D eigenvalue weighted by atomic mass is 35.5. The molecule has 0 radical (unpaired) electrons. The molecule has 0 aromatic heterocycles. The first-order chi connectivity index (χ1) is 8.97. The van der Waals surface area contributed by atoms with E-state index in [2.05, 4.69) is 5.32 Å². The molecule has 0 saturated carbocycles. The van der Waals surface area contributed by atoms with E-state index in [4.69, 9.17) is 23.2 Å². The quantitative estimate of drug-likeness (QED) is 0.744. The van der Waals surface area contributed by atoms with Crippen molar-refractivity contribution in [1.29, 1.82) is 0 Å². The summed E-state index contributed by atoms with van der Waals surface area (Å²) in [5.41, 5.74) is 1.16. The highest BCUT2D eigenvalue weighted by molar-refractivity contribution is 6.35. The highest BCUT2D eigenvalue weighted by Gasteiger charge is 2.13. The first-order valence-corrected chi connectivity index (χ1v) is 6.39. The first-order valence-electron chi connectivity index (χ1n) is 5.64. The summed E-state index contributed by atoms with van der Waals surface area (Å²) in [4.78, 5) is 0. The maximum absolute atomic E-state index is 13.4.